The Hall–Kier alpha value is -2.39. The fraction of sp³-hybridized carbons (Fsp3) is 0.111. The Morgan fingerprint density at radius 1 is 1.18 bits per heavy atom. The predicted molar refractivity (Wildman–Crippen MR) is 85.2 cm³/mol. The first-order valence-corrected chi connectivity index (χ1v) is 7.25. The molecule has 0 fully saturated rings. The van der Waals surface area contributed by atoms with Gasteiger partial charge in [0.25, 0.3) is 0 Å². The third-order valence-corrected chi connectivity index (χ3v) is 3.91. The van der Waals surface area contributed by atoms with Crippen molar-refractivity contribution in [2.24, 2.45) is 0 Å². The fourth-order valence-corrected chi connectivity index (χ4v) is 2.73. The van der Waals surface area contributed by atoms with Crippen molar-refractivity contribution in [2.45, 2.75) is 12.8 Å². The Morgan fingerprint density at radius 2 is 1.91 bits per heavy atom. The summed E-state index contributed by atoms with van der Waals surface area (Å²) in [6, 6.07) is 12.6. The van der Waals surface area contributed by atoms with Crippen molar-refractivity contribution < 1.29 is 14.7 Å². The zero-order valence-electron chi connectivity index (χ0n) is 11.7. The minimum atomic E-state index is -0.901. The number of fused-ring (bicyclic) bond motifs is 1. The van der Waals surface area contributed by atoms with Gasteiger partial charge in [0.05, 0.1) is 6.42 Å². The number of ketones is 1. The standard InChI is InChI=1S/C18H13ClO3/c19-15-5-2-11(3-6-15)7-14-10-13-4-1-12(9-17(20)21)8-16(13)18(14)22/h1-8H,9-10H2,(H,20,21)/b14-7+. The van der Waals surface area contributed by atoms with Crippen LogP contribution in [0.15, 0.2) is 48.0 Å². The first-order valence-electron chi connectivity index (χ1n) is 6.87. The van der Waals surface area contributed by atoms with E-state index in [9.17, 15) is 9.59 Å². The average Bonchev–Trinajstić information content (AvgIpc) is 2.78. The lowest BCUT2D eigenvalue weighted by atomic mass is 10.0. The highest BCUT2D eigenvalue weighted by atomic mass is 35.5. The number of halogens is 1. The molecule has 2 aromatic carbocycles. The molecule has 4 heteroatoms. The van der Waals surface area contributed by atoms with Crippen molar-refractivity contribution in [2.75, 3.05) is 0 Å². The van der Waals surface area contributed by atoms with Crippen molar-refractivity contribution in [3.63, 3.8) is 0 Å². The molecular formula is C18H13ClO3. The van der Waals surface area contributed by atoms with Crippen LogP contribution in [0.2, 0.25) is 5.02 Å². The number of allylic oxidation sites excluding steroid dienone is 1. The van der Waals surface area contributed by atoms with Gasteiger partial charge in [-0.05, 0) is 41.0 Å². The van der Waals surface area contributed by atoms with E-state index in [0.717, 1.165) is 11.1 Å². The lowest BCUT2D eigenvalue weighted by Crippen LogP contribution is -2.02. The van der Waals surface area contributed by atoms with Crippen LogP contribution in [-0.2, 0) is 17.6 Å². The van der Waals surface area contributed by atoms with Crippen LogP contribution in [0.1, 0.15) is 27.0 Å². The number of rotatable bonds is 3. The molecule has 3 nitrogen and oxygen atoms in total. The second-order valence-corrected chi connectivity index (χ2v) is 5.73. The number of benzene rings is 2. The van der Waals surface area contributed by atoms with E-state index in [0.29, 0.717) is 28.1 Å². The van der Waals surface area contributed by atoms with Crippen LogP contribution in [0.4, 0.5) is 0 Å². The highest BCUT2D eigenvalue weighted by molar-refractivity contribution is 6.30. The summed E-state index contributed by atoms with van der Waals surface area (Å²) >= 11 is 5.85. The van der Waals surface area contributed by atoms with Gasteiger partial charge in [0, 0.05) is 22.6 Å². The van der Waals surface area contributed by atoms with Crippen molar-refractivity contribution in [3.8, 4) is 0 Å². The summed E-state index contributed by atoms with van der Waals surface area (Å²) in [6.45, 7) is 0. The summed E-state index contributed by atoms with van der Waals surface area (Å²) in [4.78, 5) is 23.2. The lowest BCUT2D eigenvalue weighted by molar-refractivity contribution is -0.136. The zero-order chi connectivity index (χ0) is 15.7. The quantitative estimate of drug-likeness (QED) is 0.877. The van der Waals surface area contributed by atoms with Crippen molar-refractivity contribution >= 4 is 29.4 Å². The summed E-state index contributed by atoms with van der Waals surface area (Å²) in [5, 5.41) is 9.50. The number of carboxylic acids is 1. The average molecular weight is 313 g/mol. The predicted octanol–water partition coefficient (Wildman–Crippen LogP) is 3.79. The number of aliphatic carboxylic acids is 1. The van der Waals surface area contributed by atoms with Crippen LogP contribution in [0.3, 0.4) is 0 Å². The molecule has 22 heavy (non-hydrogen) atoms. The molecule has 0 atom stereocenters. The Balaban J connectivity index is 1.90. The van der Waals surface area contributed by atoms with Crippen LogP contribution in [0.5, 0.6) is 0 Å². The summed E-state index contributed by atoms with van der Waals surface area (Å²) in [5.74, 6) is -0.931. The molecule has 0 spiro atoms. The monoisotopic (exact) mass is 312 g/mol. The second kappa shape index (κ2) is 5.78. The maximum absolute atomic E-state index is 12.5. The van der Waals surface area contributed by atoms with E-state index in [1.54, 1.807) is 24.3 Å². The number of hydrogen-bond acceptors (Lipinski definition) is 2. The molecule has 0 unspecified atom stereocenters. The van der Waals surface area contributed by atoms with Crippen LogP contribution in [0.25, 0.3) is 6.08 Å². The molecule has 0 amide bonds. The Morgan fingerprint density at radius 3 is 2.59 bits per heavy atom. The number of carboxylic acid groups (broad SMARTS) is 1. The van der Waals surface area contributed by atoms with Crippen LogP contribution in [-0.4, -0.2) is 16.9 Å². The number of Topliss-reactive ketones (excluding diaryl/α,β-unsaturated/α-hetero) is 1. The number of hydrogen-bond donors (Lipinski definition) is 1. The normalized spacial score (nSPS) is 15.1. The largest absolute Gasteiger partial charge is 0.481 e. The van der Waals surface area contributed by atoms with Gasteiger partial charge in [-0.3, -0.25) is 9.59 Å². The highest BCUT2D eigenvalue weighted by Crippen LogP contribution is 2.29. The molecule has 0 heterocycles. The third-order valence-electron chi connectivity index (χ3n) is 3.66. The van der Waals surface area contributed by atoms with Gasteiger partial charge in [0.1, 0.15) is 0 Å². The molecular weight excluding hydrogens is 300 g/mol. The summed E-state index contributed by atoms with van der Waals surface area (Å²) < 4.78 is 0. The van der Waals surface area contributed by atoms with Crippen LogP contribution >= 0.6 is 11.6 Å². The van der Waals surface area contributed by atoms with Gasteiger partial charge in [-0.25, -0.2) is 0 Å². The lowest BCUT2D eigenvalue weighted by Gasteiger charge is -2.00. The smallest absolute Gasteiger partial charge is 0.307 e. The van der Waals surface area contributed by atoms with E-state index in [1.807, 2.05) is 24.3 Å². The molecule has 110 valence electrons. The SMILES string of the molecule is O=C(O)Cc1ccc2c(c1)C(=O)/C(=C/c1ccc(Cl)cc1)C2. The molecule has 0 aromatic heterocycles. The van der Waals surface area contributed by atoms with E-state index in [2.05, 4.69) is 0 Å². The minimum absolute atomic E-state index is 0.0304. The van der Waals surface area contributed by atoms with Gasteiger partial charge < -0.3 is 5.11 Å². The van der Waals surface area contributed by atoms with Gasteiger partial charge in [0.15, 0.2) is 5.78 Å². The molecule has 0 saturated carbocycles. The third kappa shape index (κ3) is 2.95. The Labute approximate surface area is 132 Å². The molecule has 0 saturated heterocycles. The van der Waals surface area contributed by atoms with E-state index >= 15 is 0 Å². The van der Waals surface area contributed by atoms with Crippen molar-refractivity contribution in [3.05, 3.63) is 75.3 Å². The molecule has 1 aliphatic carbocycles. The van der Waals surface area contributed by atoms with Gasteiger partial charge >= 0.3 is 5.97 Å². The molecule has 0 aliphatic heterocycles. The Kier molecular flexibility index (Phi) is 3.82. The van der Waals surface area contributed by atoms with Gasteiger partial charge in [-0.15, -0.1) is 0 Å². The number of carbonyl (C=O) groups excluding carboxylic acids is 1. The maximum atomic E-state index is 12.5. The summed E-state index contributed by atoms with van der Waals surface area (Å²) in [7, 11) is 0. The van der Waals surface area contributed by atoms with E-state index in [4.69, 9.17) is 16.7 Å². The van der Waals surface area contributed by atoms with Crippen molar-refractivity contribution in [1.82, 2.24) is 0 Å². The topological polar surface area (TPSA) is 54.4 Å². The van der Waals surface area contributed by atoms with Crippen molar-refractivity contribution in [1.29, 1.82) is 0 Å². The second-order valence-electron chi connectivity index (χ2n) is 5.29. The highest BCUT2D eigenvalue weighted by Gasteiger charge is 2.25. The molecule has 3 rings (SSSR count). The molecule has 0 radical (unpaired) electrons. The maximum Gasteiger partial charge on any atom is 0.307 e. The minimum Gasteiger partial charge on any atom is -0.481 e. The van der Waals surface area contributed by atoms with Gasteiger partial charge in [-0.2, -0.15) is 0 Å². The van der Waals surface area contributed by atoms with Gasteiger partial charge in [0.2, 0.25) is 0 Å². The van der Waals surface area contributed by atoms with E-state index in [-0.39, 0.29) is 12.2 Å². The van der Waals surface area contributed by atoms with E-state index in [1.165, 1.54) is 0 Å². The van der Waals surface area contributed by atoms with Crippen LogP contribution < -0.4 is 0 Å². The summed E-state index contributed by atoms with van der Waals surface area (Å²) in [5.41, 5.74) is 3.83. The molecule has 0 bridgehead atoms. The van der Waals surface area contributed by atoms with Crippen LogP contribution in [0, 0.1) is 0 Å². The van der Waals surface area contributed by atoms with E-state index < -0.39 is 5.97 Å². The summed E-state index contributed by atoms with van der Waals surface area (Å²) in [6.07, 6.45) is 2.36. The molecule has 1 aliphatic rings. The zero-order valence-corrected chi connectivity index (χ0v) is 12.4. The number of carbonyl (C=O) groups is 2. The fourth-order valence-electron chi connectivity index (χ4n) is 2.61. The molecule has 1 N–H and O–H groups in total. The first kappa shape index (κ1) is 14.5. The first-order chi connectivity index (χ1) is 10.5. The Bertz CT molecular complexity index is 788. The molecule has 2 aromatic rings. The van der Waals surface area contributed by atoms with Gasteiger partial charge in [-0.1, -0.05) is 35.9 Å².